The highest BCUT2D eigenvalue weighted by Gasteiger charge is 2.31. The van der Waals surface area contributed by atoms with Crippen molar-refractivity contribution in [3.63, 3.8) is 0 Å². The molecule has 0 saturated carbocycles. The smallest absolute Gasteiger partial charge is 0.264 e. The number of aliphatic hydroxyl groups is 1. The van der Waals surface area contributed by atoms with Gasteiger partial charge < -0.3 is 21.1 Å². The number of fused-ring (bicyclic) bond motifs is 2. The topological polar surface area (TPSA) is 115 Å². The number of aromatic nitrogens is 3. The van der Waals surface area contributed by atoms with Gasteiger partial charge in [-0.15, -0.1) is 11.3 Å². The maximum Gasteiger partial charge on any atom is 0.264 e. The standard InChI is InChI=1S/C25H26N6O2S/c32-18-12-14-6-1-2-8-16(14)21(18)29-25-30-22(27-15-7-5-11-26-13-15)20(23(33)31-25)24-28-17-9-3-4-10-19(17)34-24/h1-4,6,8-10,15,18,21,26,32H,5,7,11-13H2,(H3,27,29,30,31,33)/t15-,18+,21-/m1/s1. The molecule has 5 N–H and O–H groups in total. The Labute approximate surface area is 200 Å². The van der Waals surface area contributed by atoms with Gasteiger partial charge in [0.25, 0.3) is 5.56 Å². The summed E-state index contributed by atoms with van der Waals surface area (Å²) in [4.78, 5) is 25.8. The number of rotatable bonds is 5. The summed E-state index contributed by atoms with van der Waals surface area (Å²) in [6.45, 7) is 1.81. The Morgan fingerprint density at radius 3 is 2.76 bits per heavy atom. The van der Waals surface area contributed by atoms with Crippen LogP contribution in [0.2, 0.25) is 0 Å². The minimum Gasteiger partial charge on any atom is -0.390 e. The maximum atomic E-state index is 13.4. The van der Waals surface area contributed by atoms with E-state index in [4.69, 9.17) is 9.97 Å². The molecule has 6 rings (SSSR count). The van der Waals surface area contributed by atoms with Crippen molar-refractivity contribution in [1.29, 1.82) is 0 Å². The first kappa shape index (κ1) is 21.3. The fraction of sp³-hybridized carbons (Fsp3) is 0.320. The molecule has 9 heteroatoms. The van der Waals surface area contributed by atoms with Crippen LogP contribution in [0.1, 0.15) is 30.0 Å². The Kier molecular flexibility index (Phi) is 5.52. The molecular weight excluding hydrogens is 448 g/mol. The molecule has 2 aromatic heterocycles. The van der Waals surface area contributed by atoms with Gasteiger partial charge in [-0.3, -0.25) is 9.78 Å². The number of para-hydroxylation sites is 1. The van der Waals surface area contributed by atoms with Crippen molar-refractivity contribution in [2.24, 2.45) is 0 Å². The van der Waals surface area contributed by atoms with Crippen LogP contribution < -0.4 is 21.5 Å². The number of nitrogens with one attached hydrogen (secondary N) is 4. The van der Waals surface area contributed by atoms with Crippen LogP contribution in [-0.4, -0.2) is 45.3 Å². The predicted molar refractivity (Wildman–Crippen MR) is 136 cm³/mol. The lowest BCUT2D eigenvalue weighted by atomic mass is 10.1. The van der Waals surface area contributed by atoms with Gasteiger partial charge >= 0.3 is 0 Å². The molecule has 1 aliphatic heterocycles. The van der Waals surface area contributed by atoms with Crippen molar-refractivity contribution in [2.45, 2.75) is 37.5 Å². The van der Waals surface area contributed by atoms with Crippen LogP contribution in [0.5, 0.6) is 0 Å². The monoisotopic (exact) mass is 474 g/mol. The van der Waals surface area contributed by atoms with Gasteiger partial charge in [0.15, 0.2) is 0 Å². The lowest BCUT2D eigenvalue weighted by molar-refractivity contribution is 0.165. The summed E-state index contributed by atoms with van der Waals surface area (Å²) >= 11 is 1.48. The largest absolute Gasteiger partial charge is 0.390 e. The van der Waals surface area contributed by atoms with Crippen LogP contribution in [0.15, 0.2) is 53.3 Å². The first-order valence-corrected chi connectivity index (χ1v) is 12.5. The Bertz CT molecular complexity index is 1360. The zero-order valence-electron chi connectivity index (χ0n) is 18.5. The number of aliphatic hydroxyl groups excluding tert-OH is 1. The fourth-order valence-corrected chi connectivity index (χ4v) is 5.90. The average Bonchev–Trinajstić information content (AvgIpc) is 3.40. The van der Waals surface area contributed by atoms with Crippen molar-refractivity contribution in [3.05, 3.63) is 70.0 Å². The second-order valence-corrected chi connectivity index (χ2v) is 9.94. The molecule has 1 aliphatic carbocycles. The van der Waals surface area contributed by atoms with Crippen LogP contribution >= 0.6 is 11.3 Å². The van der Waals surface area contributed by atoms with Crippen LogP contribution in [0.3, 0.4) is 0 Å². The van der Waals surface area contributed by atoms with Crippen molar-refractivity contribution < 1.29 is 5.11 Å². The van der Waals surface area contributed by atoms with Gasteiger partial charge in [-0.2, -0.15) is 4.98 Å². The van der Waals surface area contributed by atoms with E-state index in [0.29, 0.717) is 28.8 Å². The SMILES string of the molecule is O=c1[nH]c(N[C@@H]2c3ccccc3C[C@@H]2O)nc(N[C@@H]2CCCNC2)c1-c1nc2ccccc2s1. The van der Waals surface area contributed by atoms with Crippen molar-refractivity contribution in [1.82, 2.24) is 20.3 Å². The fourth-order valence-electron chi connectivity index (χ4n) is 4.89. The summed E-state index contributed by atoms with van der Waals surface area (Å²) in [5, 5.41) is 21.5. The molecule has 0 bridgehead atoms. The predicted octanol–water partition coefficient (Wildman–Crippen LogP) is 3.28. The molecule has 174 valence electrons. The first-order chi connectivity index (χ1) is 16.7. The molecule has 2 aromatic carbocycles. The molecule has 0 radical (unpaired) electrons. The number of hydrogen-bond donors (Lipinski definition) is 5. The minimum absolute atomic E-state index is 0.168. The zero-order chi connectivity index (χ0) is 23.1. The van der Waals surface area contributed by atoms with Crippen molar-refractivity contribution >= 4 is 33.3 Å². The summed E-state index contributed by atoms with van der Waals surface area (Å²) in [6, 6.07) is 15.7. The Balaban J connectivity index is 1.40. The van der Waals surface area contributed by atoms with Gasteiger partial charge in [-0.25, -0.2) is 4.98 Å². The molecule has 8 nitrogen and oxygen atoms in total. The molecule has 1 fully saturated rings. The summed E-state index contributed by atoms with van der Waals surface area (Å²) in [6.07, 6.45) is 2.04. The highest BCUT2D eigenvalue weighted by Crippen LogP contribution is 2.35. The van der Waals surface area contributed by atoms with E-state index in [0.717, 1.165) is 47.3 Å². The van der Waals surface area contributed by atoms with E-state index in [1.54, 1.807) is 0 Å². The molecule has 34 heavy (non-hydrogen) atoms. The number of anilines is 2. The third kappa shape index (κ3) is 3.96. The molecule has 4 aromatic rings. The molecule has 0 spiro atoms. The molecule has 1 saturated heterocycles. The van der Waals surface area contributed by atoms with E-state index in [1.807, 2.05) is 48.5 Å². The number of thiazole rings is 1. The summed E-state index contributed by atoms with van der Waals surface area (Å²) < 4.78 is 1.02. The number of nitrogens with zero attached hydrogens (tertiary/aromatic N) is 2. The van der Waals surface area contributed by atoms with Gasteiger partial charge in [0.05, 0.1) is 22.4 Å². The Morgan fingerprint density at radius 2 is 1.91 bits per heavy atom. The average molecular weight is 475 g/mol. The molecule has 3 atom stereocenters. The Morgan fingerprint density at radius 1 is 1.06 bits per heavy atom. The van der Waals surface area contributed by atoms with Gasteiger partial charge in [-0.1, -0.05) is 36.4 Å². The van der Waals surface area contributed by atoms with Gasteiger partial charge in [0, 0.05) is 19.0 Å². The highest BCUT2D eigenvalue weighted by molar-refractivity contribution is 7.21. The lowest BCUT2D eigenvalue weighted by Gasteiger charge is -2.25. The normalized spacial score (nSPS) is 22.0. The lowest BCUT2D eigenvalue weighted by Crippen LogP contribution is -2.39. The molecule has 3 heterocycles. The summed E-state index contributed by atoms with van der Waals surface area (Å²) in [5.41, 5.74) is 3.18. The second-order valence-electron chi connectivity index (χ2n) is 8.90. The van der Waals surface area contributed by atoms with Crippen LogP contribution in [0.4, 0.5) is 11.8 Å². The number of benzene rings is 2. The maximum absolute atomic E-state index is 13.4. The third-order valence-corrected chi connectivity index (χ3v) is 7.61. The van der Waals surface area contributed by atoms with E-state index in [2.05, 4.69) is 20.9 Å². The molecule has 0 unspecified atom stereocenters. The van der Waals surface area contributed by atoms with Crippen LogP contribution in [0.25, 0.3) is 20.8 Å². The number of piperidine rings is 1. The summed E-state index contributed by atoms with van der Waals surface area (Å²) in [5.74, 6) is 0.849. The van der Waals surface area contributed by atoms with Crippen LogP contribution in [-0.2, 0) is 6.42 Å². The van der Waals surface area contributed by atoms with E-state index in [1.165, 1.54) is 11.3 Å². The van der Waals surface area contributed by atoms with Crippen molar-refractivity contribution in [2.75, 3.05) is 23.7 Å². The molecule has 2 aliphatic rings. The number of aromatic amines is 1. The number of hydrogen-bond acceptors (Lipinski definition) is 8. The molecular formula is C25H26N6O2S. The van der Waals surface area contributed by atoms with E-state index in [9.17, 15) is 9.90 Å². The quantitative estimate of drug-likeness (QED) is 0.302. The zero-order valence-corrected chi connectivity index (χ0v) is 19.4. The van der Waals surface area contributed by atoms with Crippen molar-refractivity contribution in [3.8, 4) is 10.6 Å². The van der Waals surface area contributed by atoms with E-state index >= 15 is 0 Å². The Hall–Kier alpha value is -3.27. The first-order valence-electron chi connectivity index (χ1n) is 11.7. The van der Waals surface area contributed by atoms with E-state index < -0.39 is 6.10 Å². The van der Waals surface area contributed by atoms with Gasteiger partial charge in [0.1, 0.15) is 16.4 Å². The van der Waals surface area contributed by atoms with Crippen LogP contribution in [0, 0.1) is 0 Å². The van der Waals surface area contributed by atoms with Gasteiger partial charge in [-0.05, 0) is 42.6 Å². The molecule has 0 amide bonds. The summed E-state index contributed by atoms with van der Waals surface area (Å²) in [7, 11) is 0. The van der Waals surface area contributed by atoms with E-state index in [-0.39, 0.29) is 17.6 Å². The third-order valence-electron chi connectivity index (χ3n) is 6.56. The number of H-pyrrole nitrogens is 1. The van der Waals surface area contributed by atoms with Gasteiger partial charge in [0.2, 0.25) is 5.95 Å². The highest BCUT2D eigenvalue weighted by atomic mass is 32.1. The second kappa shape index (κ2) is 8.83. The minimum atomic E-state index is -0.592.